The monoisotopic (exact) mass is 464 g/mol. The van der Waals surface area contributed by atoms with Gasteiger partial charge in [0.1, 0.15) is 11.5 Å². The van der Waals surface area contributed by atoms with Gasteiger partial charge in [-0.25, -0.2) is 4.98 Å². The van der Waals surface area contributed by atoms with Gasteiger partial charge in [0.25, 0.3) is 11.8 Å². The molecule has 1 aromatic heterocycles. The van der Waals surface area contributed by atoms with Crippen LogP contribution in [0.5, 0.6) is 11.5 Å². The van der Waals surface area contributed by atoms with Gasteiger partial charge in [0.2, 0.25) is 5.95 Å². The highest BCUT2D eigenvalue weighted by Gasteiger charge is 2.13. The number of aromatic nitrogens is 2. The Balaban J connectivity index is 1.34. The maximum atomic E-state index is 12.6. The van der Waals surface area contributed by atoms with E-state index in [0.717, 1.165) is 5.52 Å². The highest BCUT2D eigenvalue weighted by atomic mass is 35.5. The fourth-order valence-corrected chi connectivity index (χ4v) is 3.37. The molecule has 0 aliphatic heterocycles. The van der Waals surface area contributed by atoms with Gasteiger partial charge in [0.15, 0.2) is 6.61 Å². The Morgan fingerprint density at radius 1 is 1.00 bits per heavy atom. The quantitative estimate of drug-likeness (QED) is 0.420. The smallest absolute Gasteiger partial charge is 0.262 e. The molecule has 0 bridgehead atoms. The molecule has 9 heteroatoms. The van der Waals surface area contributed by atoms with Gasteiger partial charge in [-0.05, 0) is 54.6 Å². The number of anilines is 2. The van der Waals surface area contributed by atoms with Crippen LogP contribution in [0.4, 0.5) is 11.6 Å². The molecule has 0 aliphatic rings. The summed E-state index contributed by atoms with van der Waals surface area (Å²) in [6.07, 6.45) is 0. The average Bonchev–Trinajstić information content (AvgIpc) is 3.12. The number of rotatable bonds is 7. The minimum Gasteiger partial charge on any atom is -0.497 e. The molecular formula is C24H21ClN4O4. The van der Waals surface area contributed by atoms with Crippen LogP contribution in [0.2, 0.25) is 5.02 Å². The third-order valence-electron chi connectivity index (χ3n) is 4.91. The number of aryl methyl sites for hydroxylation is 1. The van der Waals surface area contributed by atoms with Gasteiger partial charge < -0.3 is 19.4 Å². The number of fused-ring (bicyclic) bond motifs is 1. The molecule has 33 heavy (non-hydrogen) atoms. The molecule has 0 saturated heterocycles. The maximum Gasteiger partial charge on any atom is 0.262 e. The summed E-state index contributed by atoms with van der Waals surface area (Å²) < 4.78 is 12.4. The first-order chi connectivity index (χ1) is 15.9. The van der Waals surface area contributed by atoms with Crippen LogP contribution in [-0.2, 0) is 11.8 Å². The van der Waals surface area contributed by atoms with Gasteiger partial charge in [-0.15, -0.1) is 0 Å². The number of nitrogens with zero attached hydrogens (tertiary/aromatic N) is 2. The molecule has 0 unspecified atom stereocenters. The molecule has 0 radical (unpaired) electrons. The van der Waals surface area contributed by atoms with Gasteiger partial charge in [-0.3, -0.25) is 14.9 Å². The van der Waals surface area contributed by atoms with Crippen LogP contribution in [0.3, 0.4) is 0 Å². The molecule has 0 atom stereocenters. The molecule has 2 N–H and O–H groups in total. The number of carbonyl (C=O) groups excluding carboxylic acids is 2. The van der Waals surface area contributed by atoms with Gasteiger partial charge in [0, 0.05) is 29.4 Å². The van der Waals surface area contributed by atoms with E-state index < -0.39 is 0 Å². The first-order valence-corrected chi connectivity index (χ1v) is 10.4. The second-order valence-corrected chi connectivity index (χ2v) is 7.61. The highest BCUT2D eigenvalue weighted by molar-refractivity contribution is 6.31. The lowest BCUT2D eigenvalue weighted by Crippen LogP contribution is -2.20. The first-order valence-electron chi connectivity index (χ1n) is 10.0. The second-order valence-electron chi connectivity index (χ2n) is 7.17. The Morgan fingerprint density at radius 2 is 1.79 bits per heavy atom. The predicted molar refractivity (Wildman–Crippen MR) is 127 cm³/mol. The van der Waals surface area contributed by atoms with Crippen molar-refractivity contribution in [3.05, 3.63) is 77.3 Å². The summed E-state index contributed by atoms with van der Waals surface area (Å²) in [5.74, 6) is 0.885. The number of hydrogen-bond acceptors (Lipinski definition) is 5. The van der Waals surface area contributed by atoms with Crippen molar-refractivity contribution in [3.63, 3.8) is 0 Å². The lowest BCUT2D eigenvalue weighted by molar-refractivity contribution is -0.118. The van der Waals surface area contributed by atoms with Gasteiger partial charge in [-0.2, -0.15) is 0 Å². The first kappa shape index (κ1) is 22.2. The van der Waals surface area contributed by atoms with E-state index in [2.05, 4.69) is 15.6 Å². The molecule has 8 nitrogen and oxygen atoms in total. The van der Waals surface area contributed by atoms with Crippen molar-refractivity contribution in [1.29, 1.82) is 0 Å². The summed E-state index contributed by atoms with van der Waals surface area (Å²) in [6.45, 7) is -0.175. The molecule has 168 valence electrons. The third-order valence-corrected chi connectivity index (χ3v) is 5.14. The fourth-order valence-electron chi connectivity index (χ4n) is 3.21. The summed E-state index contributed by atoms with van der Waals surface area (Å²) in [5, 5.41) is 6.11. The number of imidazole rings is 1. The van der Waals surface area contributed by atoms with E-state index in [4.69, 9.17) is 21.1 Å². The normalized spacial score (nSPS) is 10.6. The fraction of sp³-hybridized carbons (Fsp3) is 0.125. The number of halogens is 1. The zero-order chi connectivity index (χ0) is 23.4. The predicted octanol–water partition coefficient (Wildman–Crippen LogP) is 4.51. The highest BCUT2D eigenvalue weighted by Crippen LogP contribution is 2.22. The molecular weight excluding hydrogens is 444 g/mol. The van der Waals surface area contributed by atoms with E-state index in [1.54, 1.807) is 72.3 Å². The van der Waals surface area contributed by atoms with Crippen molar-refractivity contribution >= 4 is 46.1 Å². The number of amides is 2. The van der Waals surface area contributed by atoms with Crippen molar-refractivity contribution in [3.8, 4) is 11.5 Å². The van der Waals surface area contributed by atoms with Crippen LogP contribution in [0, 0.1) is 0 Å². The Kier molecular flexibility index (Phi) is 6.46. The van der Waals surface area contributed by atoms with Crippen LogP contribution >= 0.6 is 11.6 Å². The van der Waals surface area contributed by atoms with Crippen molar-refractivity contribution < 1.29 is 19.1 Å². The topological polar surface area (TPSA) is 94.5 Å². The number of hydrogen-bond donors (Lipinski definition) is 2. The zero-order valence-electron chi connectivity index (χ0n) is 18.0. The van der Waals surface area contributed by atoms with Crippen molar-refractivity contribution in [2.75, 3.05) is 24.4 Å². The van der Waals surface area contributed by atoms with Gasteiger partial charge in [-0.1, -0.05) is 17.7 Å². The Hall–Kier alpha value is -4.04. The molecule has 0 spiro atoms. The van der Waals surface area contributed by atoms with Crippen LogP contribution in [0.25, 0.3) is 11.0 Å². The summed E-state index contributed by atoms with van der Waals surface area (Å²) >= 11 is 6.02. The van der Waals surface area contributed by atoms with Crippen molar-refractivity contribution in [2.45, 2.75) is 0 Å². The Bertz CT molecular complexity index is 1320. The maximum absolute atomic E-state index is 12.6. The number of ether oxygens (including phenoxy) is 2. The van der Waals surface area contributed by atoms with Crippen LogP contribution in [0.15, 0.2) is 66.7 Å². The number of benzene rings is 3. The molecule has 4 rings (SSSR count). The average molecular weight is 465 g/mol. The summed E-state index contributed by atoms with van der Waals surface area (Å²) in [4.78, 5) is 29.2. The molecule has 2 amide bonds. The van der Waals surface area contributed by atoms with E-state index >= 15 is 0 Å². The van der Waals surface area contributed by atoms with E-state index in [9.17, 15) is 9.59 Å². The lowest BCUT2D eigenvalue weighted by Gasteiger charge is -2.09. The van der Waals surface area contributed by atoms with E-state index in [0.29, 0.717) is 39.2 Å². The van der Waals surface area contributed by atoms with E-state index in [1.165, 1.54) is 0 Å². The van der Waals surface area contributed by atoms with Crippen molar-refractivity contribution in [1.82, 2.24) is 9.55 Å². The number of carbonyl (C=O) groups is 2. The largest absolute Gasteiger partial charge is 0.497 e. The number of nitrogens with one attached hydrogen (secondary N) is 2. The summed E-state index contributed by atoms with van der Waals surface area (Å²) in [6, 6.07) is 18.9. The van der Waals surface area contributed by atoms with Crippen LogP contribution in [0.1, 0.15) is 10.4 Å². The van der Waals surface area contributed by atoms with E-state index in [1.807, 2.05) is 13.1 Å². The number of methoxy groups -OCH3 is 1. The molecule has 1 heterocycles. The standard InChI is InChI=1S/C24H21ClN4O4/c1-29-21-11-8-16(25)12-20(21)27-24(29)28-23(31)15-6-9-18(10-7-15)33-14-22(30)26-17-4-3-5-19(13-17)32-2/h3-13H,14H2,1-2H3,(H,26,30)(H,27,28,31). The molecule has 0 saturated carbocycles. The minimum absolute atomic E-state index is 0.175. The van der Waals surface area contributed by atoms with Crippen LogP contribution < -0.4 is 20.1 Å². The summed E-state index contributed by atoms with van der Waals surface area (Å²) in [5.41, 5.74) is 2.58. The van der Waals surface area contributed by atoms with Gasteiger partial charge >= 0.3 is 0 Å². The molecule has 3 aromatic carbocycles. The second kappa shape index (κ2) is 9.62. The lowest BCUT2D eigenvalue weighted by atomic mass is 10.2. The molecule has 0 aliphatic carbocycles. The molecule has 0 fully saturated rings. The van der Waals surface area contributed by atoms with E-state index in [-0.39, 0.29) is 18.4 Å². The Morgan fingerprint density at radius 3 is 2.55 bits per heavy atom. The third kappa shape index (κ3) is 5.24. The molecule has 4 aromatic rings. The SMILES string of the molecule is COc1cccc(NC(=O)COc2ccc(C(=O)Nc3nc4cc(Cl)ccc4n3C)cc2)c1. The Labute approximate surface area is 195 Å². The van der Waals surface area contributed by atoms with Crippen LogP contribution in [-0.4, -0.2) is 35.1 Å². The van der Waals surface area contributed by atoms with Crippen molar-refractivity contribution in [2.24, 2.45) is 7.05 Å². The minimum atomic E-state index is -0.318. The summed E-state index contributed by atoms with van der Waals surface area (Å²) in [7, 11) is 3.37. The zero-order valence-corrected chi connectivity index (χ0v) is 18.7. The van der Waals surface area contributed by atoms with Gasteiger partial charge in [0.05, 0.1) is 18.1 Å².